The molecule has 0 saturated carbocycles. The van der Waals surface area contributed by atoms with Crippen LogP contribution in [0.4, 0.5) is 0 Å². The van der Waals surface area contributed by atoms with E-state index in [2.05, 4.69) is 6.92 Å². The summed E-state index contributed by atoms with van der Waals surface area (Å²) >= 11 is 0. The van der Waals surface area contributed by atoms with Gasteiger partial charge in [-0.15, -0.1) is 0 Å². The van der Waals surface area contributed by atoms with Crippen LogP contribution in [0, 0.1) is 5.41 Å². The minimum absolute atomic E-state index is 0.236. The molecule has 3 heteroatoms. The molecule has 1 atom stereocenters. The molecule has 0 fully saturated rings. The Hall–Kier alpha value is -0.570. The Morgan fingerprint density at radius 1 is 0.750 bits per heavy atom. The molecule has 0 heterocycles. The van der Waals surface area contributed by atoms with Gasteiger partial charge in [-0.2, -0.15) is 0 Å². The average molecular weight is 342 g/mol. The lowest BCUT2D eigenvalue weighted by Gasteiger charge is -2.25. The van der Waals surface area contributed by atoms with E-state index in [1.807, 2.05) is 19.3 Å². The second-order valence-electron chi connectivity index (χ2n) is 7.70. The monoisotopic (exact) mass is 341 g/mol. The van der Waals surface area contributed by atoms with Crippen LogP contribution in [0.2, 0.25) is 0 Å². The fourth-order valence-corrected chi connectivity index (χ4v) is 3.30. The van der Waals surface area contributed by atoms with Crippen molar-refractivity contribution in [3.8, 4) is 0 Å². The van der Waals surface area contributed by atoms with E-state index in [1.54, 1.807) is 0 Å². The lowest BCUT2D eigenvalue weighted by Crippen LogP contribution is -2.36. The first-order valence-corrected chi connectivity index (χ1v) is 10.5. The topological polar surface area (TPSA) is 49.3 Å². The van der Waals surface area contributed by atoms with E-state index in [0.717, 1.165) is 19.3 Å². The highest BCUT2D eigenvalue weighted by molar-refractivity contribution is 5.80. The molecule has 1 unspecified atom stereocenters. The Morgan fingerprint density at radius 2 is 1.12 bits per heavy atom. The van der Waals surface area contributed by atoms with Crippen molar-refractivity contribution in [2.24, 2.45) is 5.41 Å². The number of amides is 1. The molecule has 0 rings (SSSR count). The quantitative estimate of drug-likeness (QED) is 0.174. The number of hydrogen-bond acceptors (Lipinski definition) is 2. The summed E-state index contributed by atoms with van der Waals surface area (Å²) in [5.41, 5.74) is 1.41. The summed E-state index contributed by atoms with van der Waals surface area (Å²) in [5.74, 6) is -0.236. The maximum Gasteiger partial charge on any atom is 0.249 e. The molecule has 24 heavy (non-hydrogen) atoms. The standard InChI is InChI=1S/C21H43NO2/c1-4-6-7-8-9-10-11-12-13-14-15-16-17-18-19-21(3,5-2)20(23)22-24/h24H,4-19H2,1-3H3,(H,22,23). The van der Waals surface area contributed by atoms with E-state index in [9.17, 15) is 4.79 Å². The first-order valence-electron chi connectivity index (χ1n) is 10.5. The summed E-state index contributed by atoms with van der Waals surface area (Å²) in [6.07, 6.45) is 20.5. The van der Waals surface area contributed by atoms with Crippen LogP contribution in [0.3, 0.4) is 0 Å². The third-order valence-electron chi connectivity index (χ3n) is 5.51. The number of carbonyl (C=O) groups is 1. The molecule has 2 N–H and O–H groups in total. The third kappa shape index (κ3) is 11.9. The molecule has 3 nitrogen and oxygen atoms in total. The molecule has 0 radical (unpaired) electrons. The summed E-state index contributed by atoms with van der Waals surface area (Å²) in [4.78, 5) is 11.7. The van der Waals surface area contributed by atoms with Crippen molar-refractivity contribution in [1.82, 2.24) is 5.48 Å². The summed E-state index contributed by atoms with van der Waals surface area (Å²) in [7, 11) is 0. The molecule has 0 aliphatic carbocycles. The van der Waals surface area contributed by atoms with E-state index < -0.39 is 5.41 Å². The number of carbonyl (C=O) groups excluding carboxylic acids is 1. The highest BCUT2D eigenvalue weighted by Crippen LogP contribution is 2.28. The zero-order chi connectivity index (χ0) is 18.1. The Bertz CT molecular complexity index is 294. The molecule has 0 spiro atoms. The lowest BCUT2D eigenvalue weighted by atomic mass is 9.81. The summed E-state index contributed by atoms with van der Waals surface area (Å²) < 4.78 is 0. The number of unbranched alkanes of at least 4 members (excludes halogenated alkanes) is 13. The molecule has 144 valence electrons. The fraction of sp³-hybridized carbons (Fsp3) is 0.952. The van der Waals surface area contributed by atoms with Gasteiger partial charge in [0.05, 0.1) is 0 Å². The van der Waals surface area contributed by atoms with Gasteiger partial charge >= 0.3 is 0 Å². The first-order chi connectivity index (χ1) is 11.6. The zero-order valence-corrected chi connectivity index (χ0v) is 16.7. The Balaban J connectivity index is 3.35. The first kappa shape index (κ1) is 23.4. The number of rotatable bonds is 17. The van der Waals surface area contributed by atoms with E-state index in [1.165, 1.54) is 83.5 Å². The zero-order valence-electron chi connectivity index (χ0n) is 16.7. The van der Waals surface area contributed by atoms with Crippen molar-refractivity contribution in [2.45, 2.75) is 124 Å². The molecule has 0 saturated heterocycles. The van der Waals surface area contributed by atoms with Crippen LogP contribution in [0.15, 0.2) is 0 Å². The van der Waals surface area contributed by atoms with Gasteiger partial charge in [0, 0.05) is 5.41 Å². The molecule has 0 aliphatic heterocycles. The summed E-state index contributed by atoms with van der Waals surface area (Å²) in [6, 6.07) is 0. The molecule has 1 amide bonds. The smallest absolute Gasteiger partial charge is 0.249 e. The van der Waals surface area contributed by atoms with Crippen molar-refractivity contribution in [1.29, 1.82) is 0 Å². The molecule has 0 aromatic rings. The van der Waals surface area contributed by atoms with Gasteiger partial charge < -0.3 is 0 Å². The van der Waals surface area contributed by atoms with Gasteiger partial charge in [0.1, 0.15) is 0 Å². The highest BCUT2D eigenvalue weighted by Gasteiger charge is 2.30. The van der Waals surface area contributed by atoms with Gasteiger partial charge in [-0.1, -0.05) is 111 Å². The van der Waals surface area contributed by atoms with Crippen molar-refractivity contribution >= 4 is 5.91 Å². The summed E-state index contributed by atoms with van der Waals surface area (Å²) in [5, 5.41) is 8.82. The second-order valence-corrected chi connectivity index (χ2v) is 7.70. The van der Waals surface area contributed by atoms with Crippen LogP contribution in [-0.2, 0) is 4.79 Å². The maximum atomic E-state index is 11.7. The van der Waals surface area contributed by atoms with Crippen molar-refractivity contribution < 1.29 is 10.0 Å². The van der Waals surface area contributed by atoms with Gasteiger partial charge in [-0.3, -0.25) is 10.0 Å². The molecular formula is C21H43NO2. The minimum atomic E-state index is -0.411. The normalized spacial score (nSPS) is 13.7. The predicted octanol–water partition coefficient (Wildman–Crippen LogP) is 6.78. The van der Waals surface area contributed by atoms with Gasteiger partial charge in [-0.05, 0) is 12.8 Å². The van der Waals surface area contributed by atoms with Gasteiger partial charge in [0.25, 0.3) is 0 Å². The lowest BCUT2D eigenvalue weighted by molar-refractivity contribution is -0.139. The molecular weight excluding hydrogens is 298 g/mol. The molecule has 0 aromatic heterocycles. The highest BCUT2D eigenvalue weighted by atomic mass is 16.5. The van der Waals surface area contributed by atoms with Gasteiger partial charge in [0.15, 0.2) is 0 Å². The van der Waals surface area contributed by atoms with E-state index in [0.29, 0.717) is 0 Å². The number of hydrogen-bond donors (Lipinski definition) is 2. The maximum absolute atomic E-state index is 11.7. The van der Waals surface area contributed by atoms with E-state index in [-0.39, 0.29) is 5.91 Å². The number of hydroxylamine groups is 1. The molecule has 0 aliphatic rings. The molecule has 0 aromatic carbocycles. The van der Waals surface area contributed by atoms with Gasteiger partial charge in [-0.25, -0.2) is 5.48 Å². The third-order valence-corrected chi connectivity index (χ3v) is 5.51. The van der Waals surface area contributed by atoms with E-state index >= 15 is 0 Å². The van der Waals surface area contributed by atoms with Crippen molar-refractivity contribution in [2.75, 3.05) is 0 Å². The summed E-state index contributed by atoms with van der Waals surface area (Å²) in [6.45, 7) is 6.23. The van der Waals surface area contributed by atoms with Gasteiger partial charge in [0.2, 0.25) is 5.91 Å². The fourth-order valence-electron chi connectivity index (χ4n) is 3.30. The van der Waals surface area contributed by atoms with Crippen LogP contribution in [0.25, 0.3) is 0 Å². The van der Waals surface area contributed by atoms with Crippen molar-refractivity contribution in [3.05, 3.63) is 0 Å². The predicted molar refractivity (Wildman–Crippen MR) is 103 cm³/mol. The Labute approximate surface area is 150 Å². The van der Waals surface area contributed by atoms with Crippen molar-refractivity contribution in [3.63, 3.8) is 0 Å². The van der Waals surface area contributed by atoms with Crippen LogP contribution in [0.5, 0.6) is 0 Å². The minimum Gasteiger partial charge on any atom is -0.289 e. The van der Waals surface area contributed by atoms with E-state index in [4.69, 9.17) is 5.21 Å². The average Bonchev–Trinajstić information content (AvgIpc) is 2.61. The van der Waals surface area contributed by atoms with Crippen LogP contribution < -0.4 is 5.48 Å². The Kier molecular flexibility index (Phi) is 15.6. The van der Waals surface area contributed by atoms with Crippen LogP contribution in [-0.4, -0.2) is 11.1 Å². The second kappa shape index (κ2) is 15.9. The Morgan fingerprint density at radius 3 is 1.46 bits per heavy atom. The van der Waals surface area contributed by atoms with Crippen LogP contribution in [0.1, 0.15) is 124 Å². The molecule has 0 bridgehead atoms. The number of nitrogens with one attached hydrogen (secondary N) is 1. The largest absolute Gasteiger partial charge is 0.289 e. The van der Waals surface area contributed by atoms with Crippen LogP contribution >= 0.6 is 0 Å². The SMILES string of the molecule is CCCCCCCCCCCCCCCCC(C)(CC)C(=O)NO.